The number of methoxy groups -OCH3 is 3. The van der Waals surface area contributed by atoms with Gasteiger partial charge in [0.25, 0.3) is 5.91 Å². The fraction of sp³-hybridized carbons (Fsp3) is 0.143. The summed E-state index contributed by atoms with van der Waals surface area (Å²) in [6, 6.07) is 13.8. The predicted octanol–water partition coefficient (Wildman–Crippen LogP) is 4.68. The summed E-state index contributed by atoms with van der Waals surface area (Å²) in [5.74, 6) is 1.37. The number of ether oxygens (including phenoxy) is 3. The highest BCUT2D eigenvalue weighted by Gasteiger charge is 2.16. The molecule has 3 aromatic rings. The molecule has 0 saturated carbocycles. The number of hydrogen-bond donors (Lipinski definition) is 1. The van der Waals surface area contributed by atoms with Crippen LogP contribution in [0.15, 0.2) is 54.7 Å². The molecule has 3 rings (SSSR count). The van der Waals surface area contributed by atoms with E-state index in [0.717, 1.165) is 5.56 Å². The van der Waals surface area contributed by atoms with E-state index in [-0.39, 0.29) is 5.91 Å². The minimum atomic E-state index is -0.293. The number of nitrogens with one attached hydrogen (secondary N) is 1. The smallest absolute Gasteiger partial charge is 0.255 e. The van der Waals surface area contributed by atoms with Gasteiger partial charge in [0.15, 0.2) is 0 Å². The Labute approximate surface area is 168 Å². The number of halogens is 1. The lowest BCUT2D eigenvalue weighted by molar-refractivity contribution is 0.102. The molecule has 0 radical (unpaired) electrons. The van der Waals surface area contributed by atoms with Gasteiger partial charge in [-0.1, -0.05) is 11.6 Å². The lowest BCUT2D eigenvalue weighted by atomic mass is 10.1. The number of carbonyl (C=O) groups excluding carboxylic acids is 1. The minimum Gasteiger partial charge on any atom is -0.496 e. The van der Waals surface area contributed by atoms with Crippen LogP contribution in [-0.4, -0.2) is 32.2 Å². The monoisotopic (exact) mass is 398 g/mol. The maximum absolute atomic E-state index is 12.6. The van der Waals surface area contributed by atoms with Crippen molar-refractivity contribution in [2.45, 2.75) is 0 Å². The molecule has 1 amide bonds. The average Bonchev–Trinajstić information content (AvgIpc) is 2.73. The highest BCUT2D eigenvalue weighted by atomic mass is 35.5. The zero-order chi connectivity index (χ0) is 20.1. The Morgan fingerprint density at radius 3 is 2.36 bits per heavy atom. The lowest BCUT2D eigenvalue weighted by Crippen LogP contribution is -2.12. The molecule has 0 spiro atoms. The molecule has 144 valence electrons. The molecule has 6 nitrogen and oxygen atoms in total. The number of amides is 1. The number of carbonyl (C=O) groups is 1. The van der Waals surface area contributed by atoms with Gasteiger partial charge < -0.3 is 19.5 Å². The molecule has 0 bridgehead atoms. The van der Waals surface area contributed by atoms with Crippen molar-refractivity contribution in [2.24, 2.45) is 0 Å². The molecule has 0 aliphatic carbocycles. The fourth-order valence-corrected chi connectivity index (χ4v) is 2.99. The normalized spacial score (nSPS) is 10.3. The van der Waals surface area contributed by atoms with Crippen LogP contribution in [0.25, 0.3) is 11.3 Å². The first kappa shape index (κ1) is 19.5. The van der Waals surface area contributed by atoms with Gasteiger partial charge in [-0.25, -0.2) is 0 Å². The molecule has 0 atom stereocenters. The first-order valence-electron chi connectivity index (χ1n) is 8.39. The topological polar surface area (TPSA) is 69.7 Å². The molecule has 1 aromatic heterocycles. The van der Waals surface area contributed by atoms with Gasteiger partial charge in [0.2, 0.25) is 0 Å². The molecule has 28 heavy (non-hydrogen) atoms. The van der Waals surface area contributed by atoms with Crippen LogP contribution in [0.3, 0.4) is 0 Å². The van der Waals surface area contributed by atoms with Gasteiger partial charge in [-0.05, 0) is 48.5 Å². The molecule has 2 aromatic carbocycles. The standard InChI is InChI=1S/C21H19ClN2O4/c1-26-17-9-7-14(12-16(17)22)24-21(25)13-6-8-15(19(11-13)28-3)20-18(27-2)5-4-10-23-20/h4-12H,1-3H3,(H,24,25). The highest BCUT2D eigenvalue weighted by Crippen LogP contribution is 2.35. The van der Waals surface area contributed by atoms with E-state index in [1.807, 2.05) is 6.07 Å². The first-order chi connectivity index (χ1) is 13.6. The maximum atomic E-state index is 12.6. The largest absolute Gasteiger partial charge is 0.496 e. The van der Waals surface area contributed by atoms with Crippen molar-refractivity contribution >= 4 is 23.2 Å². The van der Waals surface area contributed by atoms with Crippen LogP contribution in [0.5, 0.6) is 17.2 Å². The van der Waals surface area contributed by atoms with Crippen molar-refractivity contribution in [1.29, 1.82) is 0 Å². The Kier molecular flexibility index (Phi) is 6.01. The Hall–Kier alpha value is -3.25. The Morgan fingerprint density at radius 1 is 0.929 bits per heavy atom. The lowest BCUT2D eigenvalue weighted by Gasteiger charge is -2.13. The summed E-state index contributed by atoms with van der Waals surface area (Å²) in [4.78, 5) is 17.0. The highest BCUT2D eigenvalue weighted by molar-refractivity contribution is 6.32. The summed E-state index contributed by atoms with van der Waals surface area (Å²) in [5.41, 5.74) is 2.35. The van der Waals surface area contributed by atoms with Crippen LogP contribution in [0.4, 0.5) is 5.69 Å². The molecule has 0 aliphatic heterocycles. The van der Waals surface area contributed by atoms with Gasteiger partial charge in [0.05, 0.1) is 26.4 Å². The minimum absolute atomic E-state index is 0.293. The summed E-state index contributed by atoms with van der Waals surface area (Å²) in [6.07, 6.45) is 1.67. The number of benzene rings is 2. The molecule has 7 heteroatoms. The summed E-state index contributed by atoms with van der Waals surface area (Å²) in [7, 11) is 4.65. The SMILES string of the molecule is COc1ccc(NC(=O)c2ccc(-c3ncccc3OC)c(OC)c2)cc1Cl. The zero-order valence-corrected chi connectivity index (χ0v) is 16.4. The van der Waals surface area contributed by atoms with Crippen molar-refractivity contribution in [3.05, 3.63) is 65.3 Å². The zero-order valence-electron chi connectivity index (χ0n) is 15.7. The Bertz CT molecular complexity index is 1010. The number of anilines is 1. The van der Waals surface area contributed by atoms with E-state index in [4.69, 9.17) is 25.8 Å². The second-order valence-corrected chi connectivity index (χ2v) is 6.18. The molecular weight excluding hydrogens is 380 g/mol. The van der Waals surface area contributed by atoms with Crippen molar-refractivity contribution in [3.63, 3.8) is 0 Å². The Morgan fingerprint density at radius 2 is 1.68 bits per heavy atom. The first-order valence-corrected chi connectivity index (χ1v) is 8.77. The molecule has 0 unspecified atom stereocenters. The van der Waals surface area contributed by atoms with Crippen molar-refractivity contribution in [1.82, 2.24) is 4.98 Å². The van der Waals surface area contributed by atoms with E-state index in [2.05, 4.69) is 10.3 Å². The van der Waals surface area contributed by atoms with E-state index in [1.165, 1.54) is 7.11 Å². The number of aromatic nitrogens is 1. The molecular formula is C21H19ClN2O4. The number of nitrogens with zero attached hydrogens (tertiary/aromatic N) is 1. The van der Waals surface area contributed by atoms with E-state index in [9.17, 15) is 4.79 Å². The van der Waals surface area contributed by atoms with Crippen LogP contribution in [0.1, 0.15) is 10.4 Å². The van der Waals surface area contributed by atoms with Gasteiger partial charge in [0.1, 0.15) is 22.9 Å². The molecule has 1 heterocycles. The number of pyridine rings is 1. The third kappa shape index (κ3) is 4.02. The third-order valence-corrected chi connectivity index (χ3v) is 4.41. The van der Waals surface area contributed by atoms with Crippen LogP contribution in [0, 0.1) is 0 Å². The maximum Gasteiger partial charge on any atom is 0.255 e. The number of rotatable bonds is 6. The predicted molar refractivity (Wildman–Crippen MR) is 109 cm³/mol. The third-order valence-electron chi connectivity index (χ3n) is 4.12. The Balaban J connectivity index is 1.89. The van der Waals surface area contributed by atoms with Crippen LogP contribution >= 0.6 is 11.6 Å². The van der Waals surface area contributed by atoms with Crippen LogP contribution in [-0.2, 0) is 0 Å². The van der Waals surface area contributed by atoms with Crippen LogP contribution < -0.4 is 19.5 Å². The molecule has 0 aliphatic rings. The van der Waals surface area contributed by atoms with Crippen molar-refractivity contribution in [2.75, 3.05) is 26.6 Å². The summed E-state index contributed by atoms with van der Waals surface area (Å²) in [6.45, 7) is 0. The van der Waals surface area contributed by atoms with E-state index < -0.39 is 0 Å². The van der Waals surface area contributed by atoms with E-state index in [1.54, 1.807) is 62.9 Å². The van der Waals surface area contributed by atoms with Gasteiger partial charge >= 0.3 is 0 Å². The second-order valence-electron chi connectivity index (χ2n) is 5.77. The van der Waals surface area contributed by atoms with Gasteiger partial charge in [0, 0.05) is 23.0 Å². The quantitative estimate of drug-likeness (QED) is 0.652. The van der Waals surface area contributed by atoms with Gasteiger partial charge in [-0.3, -0.25) is 9.78 Å². The van der Waals surface area contributed by atoms with Gasteiger partial charge in [-0.2, -0.15) is 0 Å². The number of hydrogen-bond acceptors (Lipinski definition) is 5. The van der Waals surface area contributed by atoms with Crippen LogP contribution in [0.2, 0.25) is 5.02 Å². The summed E-state index contributed by atoms with van der Waals surface area (Å²) < 4.78 is 16.0. The summed E-state index contributed by atoms with van der Waals surface area (Å²) >= 11 is 6.11. The average molecular weight is 399 g/mol. The summed E-state index contributed by atoms with van der Waals surface area (Å²) in [5, 5.41) is 3.22. The van der Waals surface area contributed by atoms with E-state index in [0.29, 0.717) is 39.2 Å². The van der Waals surface area contributed by atoms with Crippen molar-refractivity contribution < 1.29 is 19.0 Å². The molecule has 0 saturated heterocycles. The second kappa shape index (κ2) is 8.63. The molecule has 1 N–H and O–H groups in total. The molecule has 0 fully saturated rings. The van der Waals surface area contributed by atoms with E-state index >= 15 is 0 Å². The van der Waals surface area contributed by atoms with Gasteiger partial charge in [-0.15, -0.1) is 0 Å². The fourth-order valence-electron chi connectivity index (χ4n) is 2.73. The van der Waals surface area contributed by atoms with Crippen molar-refractivity contribution in [3.8, 4) is 28.5 Å².